The maximum Gasteiger partial charge on any atom is 0.388 e. The molecule has 0 atom stereocenters. The van der Waals surface area contributed by atoms with Gasteiger partial charge in [-0.2, -0.15) is 0 Å². The van der Waals surface area contributed by atoms with Crippen LogP contribution in [0.3, 0.4) is 0 Å². The molecule has 0 heterocycles. The molecule has 0 aliphatic rings. The molecule has 0 aliphatic heterocycles. The minimum absolute atomic E-state index is 0.108. The van der Waals surface area contributed by atoms with E-state index in [-0.39, 0.29) is 19.4 Å². The van der Waals surface area contributed by atoms with E-state index < -0.39 is 7.60 Å². The van der Waals surface area contributed by atoms with Gasteiger partial charge >= 0.3 is 7.60 Å². The Bertz CT molecular complexity index is 392. The lowest BCUT2D eigenvalue weighted by atomic mass is 10.1. The molecule has 0 bridgehead atoms. The first kappa shape index (κ1) is 16.3. The van der Waals surface area contributed by atoms with Crippen molar-refractivity contribution in [3.05, 3.63) is 35.4 Å². The molecule has 19 heavy (non-hydrogen) atoms. The summed E-state index contributed by atoms with van der Waals surface area (Å²) in [5, 5.41) is 0. The number of hydrogen-bond acceptors (Lipinski definition) is 5. The fourth-order valence-corrected chi connectivity index (χ4v) is 2.76. The lowest BCUT2D eigenvalue weighted by Gasteiger charge is -2.15. The van der Waals surface area contributed by atoms with Gasteiger partial charge in [0.05, 0.1) is 19.4 Å². The number of benzene rings is 1. The summed E-state index contributed by atoms with van der Waals surface area (Å²) in [6.07, 6.45) is 1.07. The van der Waals surface area contributed by atoms with Crippen LogP contribution in [-0.4, -0.2) is 13.2 Å². The number of aryl methyl sites for hydroxylation is 1. The lowest BCUT2D eigenvalue weighted by molar-refractivity contribution is -0.263. The average Bonchev–Trinajstić information content (AvgIpc) is 2.44. The van der Waals surface area contributed by atoms with Crippen molar-refractivity contribution >= 4 is 7.60 Å². The van der Waals surface area contributed by atoms with E-state index in [9.17, 15) is 4.57 Å². The predicted molar refractivity (Wildman–Crippen MR) is 72.6 cm³/mol. The molecule has 6 heteroatoms. The Hall–Kier alpha value is -0.710. The molecular weight excluding hydrogens is 267 g/mol. The number of rotatable bonds is 9. The summed E-state index contributed by atoms with van der Waals surface area (Å²) < 4.78 is 22.1. The second-order valence-electron chi connectivity index (χ2n) is 3.90. The molecule has 0 aliphatic carbocycles. The van der Waals surface area contributed by atoms with E-state index in [4.69, 9.17) is 19.1 Å². The molecule has 0 fully saturated rings. The first-order chi connectivity index (χ1) is 9.13. The summed E-state index contributed by atoms with van der Waals surface area (Å²) in [4.78, 5) is 9.49. The first-order valence-electron chi connectivity index (χ1n) is 6.42. The molecule has 0 spiro atoms. The molecule has 0 radical (unpaired) electrons. The quantitative estimate of drug-likeness (QED) is 0.392. The normalized spacial score (nSPS) is 11.7. The minimum atomic E-state index is -3.44. The van der Waals surface area contributed by atoms with Crippen molar-refractivity contribution in [2.24, 2.45) is 0 Å². The molecule has 0 saturated carbocycles. The molecule has 0 N–H and O–H groups in total. The van der Waals surface area contributed by atoms with Gasteiger partial charge < -0.3 is 0 Å². The van der Waals surface area contributed by atoms with Crippen LogP contribution in [0.1, 0.15) is 31.9 Å². The minimum Gasteiger partial charge on any atom is -0.255 e. The molecule has 0 amide bonds. The number of hydrogen-bond donors (Lipinski definition) is 0. The van der Waals surface area contributed by atoms with E-state index in [1.165, 1.54) is 5.56 Å². The second kappa shape index (κ2) is 8.46. The molecule has 0 unspecified atom stereocenters. The van der Waals surface area contributed by atoms with Crippen LogP contribution in [-0.2, 0) is 36.3 Å². The molecular formula is C13H21O5P. The Kier molecular flexibility index (Phi) is 7.28. The highest BCUT2D eigenvalue weighted by Crippen LogP contribution is 2.51. The Labute approximate surface area is 114 Å². The fraction of sp³-hybridized carbons (Fsp3) is 0.538. The third-order valence-corrected chi connectivity index (χ3v) is 3.79. The van der Waals surface area contributed by atoms with Crippen molar-refractivity contribution in [2.75, 3.05) is 13.2 Å². The van der Waals surface area contributed by atoms with Gasteiger partial charge in [0.25, 0.3) is 0 Å². The second-order valence-corrected chi connectivity index (χ2v) is 5.74. The lowest BCUT2D eigenvalue weighted by Crippen LogP contribution is -2.01. The largest absolute Gasteiger partial charge is 0.388 e. The summed E-state index contributed by atoms with van der Waals surface area (Å²) in [6.45, 7) is 6.13. The van der Waals surface area contributed by atoms with Crippen molar-refractivity contribution in [3.8, 4) is 0 Å². The van der Waals surface area contributed by atoms with Crippen molar-refractivity contribution in [3.63, 3.8) is 0 Å². The third kappa shape index (κ3) is 5.85. The highest BCUT2D eigenvalue weighted by Gasteiger charge is 2.28. The maximum absolute atomic E-state index is 12.4. The molecule has 1 aromatic rings. The zero-order valence-electron chi connectivity index (χ0n) is 11.6. The van der Waals surface area contributed by atoms with Gasteiger partial charge in [-0.25, -0.2) is 9.78 Å². The van der Waals surface area contributed by atoms with E-state index in [0.29, 0.717) is 0 Å². The Morgan fingerprint density at radius 1 is 0.895 bits per heavy atom. The van der Waals surface area contributed by atoms with E-state index in [1.54, 1.807) is 13.8 Å². The van der Waals surface area contributed by atoms with Crippen molar-refractivity contribution in [2.45, 2.75) is 33.4 Å². The maximum atomic E-state index is 12.4. The van der Waals surface area contributed by atoms with Crippen LogP contribution in [0.4, 0.5) is 0 Å². The highest BCUT2D eigenvalue weighted by atomic mass is 31.2. The zero-order chi connectivity index (χ0) is 14.1. The third-order valence-electron chi connectivity index (χ3n) is 2.38. The van der Waals surface area contributed by atoms with Crippen LogP contribution >= 0.6 is 7.60 Å². The van der Waals surface area contributed by atoms with Gasteiger partial charge in [-0.15, -0.1) is 9.35 Å². The van der Waals surface area contributed by atoms with E-state index in [2.05, 4.69) is 6.92 Å². The summed E-state index contributed by atoms with van der Waals surface area (Å²) in [5.41, 5.74) is 2.06. The molecule has 0 aromatic heterocycles. The molecule has 1 aromatic carbocycles. The van der Waals surface area contributed by atoms with E-state index in [0.717, 1.165) is 12.0 Å². The van der Waals surface area contributed by atoms with Crippen molar-refractivity contribution < 1.29 is 23.7 Å². The van der Waals surface area contributed by atoms with Crippen LogP contribution < -0.4 is 0 Å². The van der Waals surface area contributed by atoms with Crippen LogP contribution in [0, 0.1) is 0 Å². The van der Waals surface area contributed by atoms with Gasteiger partial charge in [-0.1, -0.05) is 31.2 Å². The molecule has 1 rings (SSSR count). The molecule has 0 saturated heterocycles. The van der Waals surface area contributed by atoms with Gasteiger partial charge in [0.15, 0.2) is 0 Å². The standard InChI is InChI=1S/C13H21O5P/c1-4-12-7-9-13(10-8-12)11-19(14,17-15-5-2)18-16-6-3/h7-10H,4-6,11H2,1-3H3. The van der Waals surface area contributed by atoms with Crippen LogP contribution in [0.15, 0.2) is 24.3 Å². The van der Waals surface area contributed by atoms with E-state index >= 15 is 0 Å². The average molecular weight is 288 g/mol. The topological polar surface area (TPSA) is 54.0 Å². The summed E-state index contributed by atoms with van der Waals surface area (Å²) in [6, 6.07) is 7.77. The van der Waals surface area contributed by atoms with Gasteiger partial charge in [0.2, 0.25) is 0 Å². The Balaban J connectivity index is 2.71. The summed E-state index contributed by atoms with van der Waals surface area (Å²) in [5.74, 6) is 0. The van der Waals surface area contributed by atoms with Gasteiger partial charge in [-0.3, -0.25) is 4.57 Å². The highest BCUT2D eigenvalue weighted by molar-refractivity contribution is 7.52. The molecule has 108 valence electrons. The van der Waals surface area contributed by atoms with Gasteiger partial charge in [0.1, 0.15) is 0 Å². The van der Waals surface area contributed by atoms with E-state index in [1.807, 2.05) is 24.3 Å². The smallest absolute Gasteiger partial charge is 0.255 e. The first-order valence-corrected chi connectivity index (χ1v) is 8.15. The van der Waals surface area contributed by atoms with Crippen LogP contribution in [0.5, 0.6) is 0 Å². The Morgan fingerprint density at radius 2 is 1.37 bits per heavy atom. The molecule has 5 nitrogen and oxygen atoms in total. The SMILES string of the molecule is CCOOP(=O)(Cc1ccc(CC)cc1)OOCC. The zero-order valence-corrected chi connectivity index (χ0v) is 12.5. The monoisotopic (exact) mass is 288 g/mol. The van der Waals surface area contributed by atoms with Crippen molar-refractivity contribution in [1.29, 1.82) is 0 Å². The van der Waals surface area contributed by atoms with Crippen LogP contribution in [0.25, 0.3) is 0 Å². The summed E-state index contributed by atoms with van der Waals surface area (Å²) in [7, 11) is -3.44. The predicted octanol–water partition coefficient (Wildman–Crippen LogP) is 3.88. The van der Waals surface area contributed by atoms with Gasteiger partial charge in [0, 0.05) is 0 Å². The van der Waals surface area contributed by atoms with Gasteiger partial charge in [-0.05, 0) is 31.4 Å². The van der Waals surface area contributed by atoms with Crippen molar-refractivity contribution in [1.82, 2.24) is 0 Å². The fourth-order valence-electron chi connectivity index (χ4n) is 1.44. The van der Waals surface area contributed by atoms with Crippen LogP contribution in [0.2, 0.25) is 0 Å². The Morgan fingerprint density at radius 3 is 1.79 bits per heavy atom. The summed E-state index contributed by atoms with van der Waals surface area (Å²) >= 11 is 0.